The molecule has 4 N–H and O–H groups in total. The van der Waals surface area contributed by atoms with E-state index in [9.17, 15) is 0 Å². The van der Waals surface area contributed by atoms with E-state index in [1.807, 2.05) is 0 Å². The van der Waals surface area contributed by atoms with E-state index in [1.54, 1.807) is 0 Å². The van der Waals surface area contributed by atoms with E-state index in [2.05, 4.69) is 34.1 Å². The molecule has 0 bridgehead atoms. The molecule has 2 rings (SSSR count). The van der Waals surface area contributed by atoms with Gasteiger partial charge in [-0.3, -0.25) is 0 Å². The molecule has 1 aliphatic rings. The van der Waals surface area contributed by atoms with Crippen molar-refractivity contribution in [3.8, 4) is 0 Å². The summed E-state index contributed by atoms with van der Waals surface area (Å²) in [5, 5.41) is 0. The molecule has 1 aliphatic carbocycles. The molecule has 1 aromatic carbocycles. The molecule has 2 unspecified atom stereocenters. The van der Waals surface area contributed by atoms with Gasteiger partial charge in [0.2, 0.25) is 0 Å². The minimum Gasteiger partial charge on any atom is -0.326 e. The van der Waals surface area contributed by atoms with Crippen LogP contribution in [-0.4, -0.2) is 6.04 Å². The highest BCUT2D eigenvalue weighted by molar-refractivity contribution is 9.10. The molecule has 0 aliphatic heterocycles. The van der Waals surface area contributed by atoms with Gasteiger partial charge in [-0.15, -0.1) is 0 Å². The van der Waals surface area contributed by atoms with Crippen molar-refractivity contribution in [2.75, 3.05) is 0 Å². The Morgan fingerprint density at radius 1 is 1.31 bits per heavy atom. The van der Waals surface area contributed by atoms with E-state index in [-0.39, 0.29) is 12.1 Å². The number of halogens is 1. The van der Waals surface area contributed by atoms with Crippen LogP contribution in [0.25, 0.3) is 0 Å². The van der Waals surface area contributed by atoms with Gasteiger partial charge in [0.05, 0.1) is 0 Å². The van der Waals surface area contributed by atoms with Gasteiger partial charge in [0.25, 0.3) is 0 Å². The Hall–Kier alpha value is -0.380. The fourth-order valence-corrected chi connectivity index (χ4v) is 2.21. The number of fused-ring (bicyclic) bond motifs is 1. The van der Waals surface area contributed by atoms with Crippen molar-refractivity contribution in [1.82, 2.24) is 0 Å². The minimum absolute atomic E-state index is 0.00116. The summed E-state index contributed by atoms with van der Waals surface area (Å²) >= 11 is 3.44. The zero-order valence-corrected chi connectivity index (χ0v) is 8.92. The first-order chi connectivity index (χ1) is 6.18. The number of aryl methyl sites for hydroxylation is 1. The van der Waals surface area contributed by atoms with Crippen LogP contribution in [0, 0.1) is 0 Å². The summed E-state index contributed by atoms with van der Waals surface area (Å²) in [7, 11) is 0. The van der Waals surface area contributed by atoms with E-state index in [0.29, 0.717) is 0 Å². The molecule has 0 aromatic heterocycles. The van der Waals surface area contributed by atoms with Crippen molar-refractivity contribution >= 4 is 15.9 Å². The van der Waals surface area contributed by atoms with Crippen LogP contribution in [0.4, 0.5) is 0 Å². The first kappa shape index (κ1) is 9.19. The van der Waals surface area contributed by atoms with Crippen molar-refractivity contribution in [3.05, 3.63) is 33.8 Å². The highest BCUT2D eigenvalue weighted by Gasteiger charge is 2.23. The monoisotopic (exact) mass is 240 g/mol. The Kier molecular flexibility index (Phi) is 2.41. The molecule has 0 saturated heterocycles. The Balaban J connectivity index is 2.45. The average Bonchev–Trinajstić information content (AvgIpc) is 2.12. The van der Waals surface area contributed by atoms with Crippen LogP contribution in [0.2, 0.25) is 0 Å². The molecule has 0 saturated carbocycles. The SMILES string of the molecule is NC1CCc2ccc(Br)cc2C1N. The van der Waals surface area contributed by atoms with E-state index < -0.39 is 0 Å². The normalized spacial score (nSPS) is 27.0. The summed E-state index contributed by atoms with van der Waals surface area (Å²) in [4.78, 5) is 0. The quantitative estimate of drug-likeness (QED) is 0.726. The molecular formula is C10H13BrN2. The first-order valence-corrected chi connectivity index (χ1v) is 5.27. The van der Waals surface area contributed by atoms with E-state index >= 15 is 0 Å². The molecule has 2 atom stereocenters. The predicted octanol–water partition coefficient (Wildman–Crippen LogP) is 1.72. The van der Waals surface area contributed by atoms with Crippen molar-refractivity contribution < 1.29 is 0 Å². The molecule has 0 fully saturated rings. The van der Waals surface area contributed by atoms with Crippen LogP contribution < -0.4 is 11.5 Å². The van der Waals surface area contributed by atoms with Gasteiger partial charge in [0.1, 0.15) is 0 Å². The van der Waals surface area contributed by atoms with E-state index in [4.69, 9.17) is 11.5 Å². The van der Waals surface area contributed by atoms with Gasteiger partial charge in [0.15, 0.2) is 0 Å². The smallest absolute Gasteiger partial charge is 0.0451 e. The summed E-state index contributed by atoms with van der Waals surface area (Å²) in [6.07, 6.45) is 2.05. The number of hydrogen-bond donors (Lipinski definition) is 2. The van der Waals surface area contributed by atoms with Crippen LogP contribution in [-0.2, 0) is 6.42 Å². The third-order valence-corrected chi connectivity index (χ3v) is 3.17. The lowest BCUT2D eigenvalue weighted by Gasteiger charge is -2.28. The second-order valence-electron chi connectivity index (χ2n) is 3.57. The average molecular weight is 241 g/mol. The molecule has 2 nitrogen and oxygen atoms in total. The van der Waals surface area contributed by atoms with Gasteiger partial charge >= 0.3 is 0 Å². The van der Waals surface area contributed by atoms with Crippen molar-refractivity contribution in [2.45, 2.75) is 24.9 Å². The maximum atomic E-state index is 6.01. The van der Waals surface area contributed by atoms with Crippen LogP contribution in [0.5, 0.6) is 0 Å². The van der Waals surface area contributed by atoms with Gasteiger partial charge in [-0.2, -0.15) is 0 Å². The molecule has 0 spiro atoms. The standard InChI is InChI=1S/C10H13BrN2/c11-7-3-1-6-2-4-9(12)10(13)8(6)5-7/h1,3,5,9-10H,2,4,12-13H2. The Labute approximate surface area is 86.4 Å². The van der Waals surface area contributed by atoms with Gasteiger partial charge < -0.3 is 11.5 Å². The summed E-state index contributed by atoms with van der Waals surface area (Å²) in [5.74, 6) is 0. The van der Waals surface area contributed by atoms with Gasteiger partial charge in [0, 0.05) is 16.6 Å². The molecule has 0 heterocycles. The number of hydrogen-bond acceptors (Lipinski definition) is 2. The molecule has 70 valence electrons. The maximum Gasteiger partial charge on any atom is 0.0451 e. The summed E-state index contributed by atoms with van der Waals surface area (Å²) in [6, 6.07) is 6.38. The first-order valence-electron chi connectivity index (χ1n) is 4.48. The van der Waals surface area contributed by atoms with Crippen molar-refractivity contribution in [1.29, 1.82) is 0 Å². The number of benzene rings is 1. The number of nitrogens with two attached hydrogens (primary N) is 2. The fraction of sp³-hybridized carbons (Fsp3) is 0.400. The lowest BCUT2D eigenvalue weighted by Crippen LogP contribution is -2.38. The highest BCUT2D eigenvalue weighted by atomic mass is 79.9. The zero-order chi connectivity index (χ0) is 9.42. The van der Waals surface area contributed by atoms with Crippen LogP contribution >= 0.6 is 15.9 Å². The van der Waals surface area contributed by atoms with Crippen LogP contribution in [0.1, 0.15) is 23.6 Å². The maximum absolute atomic E-state index is 6.01. The lowest BCUT2D eigenvalue weighted by atomic mass is 9.85. The second kappa shape index (κ2) is 3.40. The second-order valence-corrected chi connectivity index (χ2v) is 4.49. The molecule has 0 amide bonds. The predicted molar refractivity (Wildman–Crippen MR) is 57.4 cm³/mol. The fourth-order valence-electron chi connectivity index (χ4n) is 1.84. The third-order valence-electron chi connectivity index (χ3n) is 2.68. The summed E-state index contributed by atoms with van der Waals surface area (Å²) < 4.78 is 1.08. The summed E-state index contributed by atoms with van der Waals surface area (Å²) in [5.41, 5.74) is 14.5. The summed E-state index contributed by atoms with van der Waals surface area (Å²) in [6.45, 7) is 0. The Morgan fingerprint density at radius 3 is 2.85 bits per heavy atom. The molecule has 1 aromatic rings. The van der Waals surface area contributed by atoms with Crippen molar-refractivity contribution in [2.24, 2.45) is 11.5 Å². The van der Waals surface area contributed by atoms with Gasteiger partial charge in [-0.1, -0.05) is 22.0 Å². The highest BCUT2D eigenvalue weighted by Crippen LogP contribution is 2.29. The van der Waals surface area contributed by atoms with Crippen LogP contribution in [0.15, 0.2) is 22.7 Å². The zero-order valence-electron chi connectivity index (χ0n) is 7.33. The van der Waals surface area contributed by atoms with Gasteiger partial charge in [-0.25, -0.2) is 0 Å². The Morgan fingerprint density at radius 2 is 2.08 bits per heavy atom. The van der Waals surface area contributed by atoms with E-state index in [0.717, 1.165) is 17.3 Å². The third kappa shape index (κ3) is 1.64. The molecule has 3 heteroatoms. The van der Waals surface area contributed by atoms with Crippen LogP contribution in [0.3, 0.4) is 0 Å². The molecular weight excluding hydrogens is 228 g/mol. The van der Waals surface area contributed by atoms with Gasteiger partial charge in [-0.05, 0) is 36.1 Å². The Bertz CT molecular complexity index is 325. The van der Waals surface area contributed by atoms with Crippen molar-refractivity contribution in [3.63, 3.8) is 0 Å². The largest absolute Gasteiger partial charge is 0.326 e. The number of rotatable bonds is 0. The molecule has 0 radical (unpaired) electrons. The molecule has 13 heavy (non-hydrogen) atoms. The topological polar surface area (TPSA) is 52.0 Å². The minimum atomic E-state index is 0.00116. The lowest BCUT2D eigenvalue weighted by molar-refractivity contribution is 0.481. The van der Waals surface area contributed by atoms with E-state index in [1.165, 1.54) is 11.1 Å².